The molecule has 1 rings (SSSR count). The summed E-state index contributed by atoms with van der Waals surface area (Å²) >= 11 is 0. The van der Waals surface area contributed by atoms with Gasteiger partial charge >= 0.3 is 5.97 Å². The zero-order chi connectivity index (χ0) is 18.5. The maximum absolute atomic E-state index is 12.4. The van der Waals surface area contributed by atoms with E-state index in [0.717, 1.165) is 6.08 Å². The molecule has 1 aromatic rings. The Balaban J connectivity index is 3.56. The molecule has 0 amide bonds. The molecule has 0 atom stereocenters. The zero-order valence-electron chi connectivity index (χ0n) is 13.7. The van der Waals surface area contributed by atoms with Crippen LogP contribution in [0, 0.1) is 0 Å². The summed E-state index contributed by atoms with van der Waals surface area (Å²) in [6.45, 7) is 1.27. The number of hydrogen-bond donors (Lipinski definition) is 2. The van der Waals surface area contributed by atoms with Crippen LogP contribution in [0.1, 0.15) is 12.5 Å². The van der Waals surface area contributed by atoms with E-state index in [-0.39, 0.29) is 10.5 Å². The van der Waals surface area contributed by atoms with Crippen LogP contribution in [0.4, 0.5) is 0 Å². The fraction of sp³-hybridized carbons (Fsp3) is 0.333. The van der Waals surface area contributed by atoms with Gasteiger partial charge in [0.2, 0.25) is 21.6 Å². The highest BCUT2D eigenvalue weighted by atomic mass is 32.2. The Morgan fingerprint density at radius 1 is 1.21 bits per heavy atom. The Labute approximate surface area is 140 Å². The quantitative estimate of drug-likeness (QED) is 0.303. The van der Waals surface area contributed by atoms with Crippen LogP contribution in [0.15, 0.2) is 34.7 Å². The molecule has 0 aromatic heterocycles. The van der Waals surface area contributed by atoms with Crippen molar-refractivity contribution in [2.24, 2.45) is 0 Å². The van der Waals surface area contributed by atoms with E-state index in [1.807, 2.05) is 0 Å². The van der Waals surface area contributed by atoms with Crippen LogP contribution in [-0.2, 0) is 29.1 Å². The van der Waals surface area contributed by atoms with Gasteiger partial charge in [0.25, 0.3) is 0 Å². The first-order valence-electron chi connectivity index (χ1n) is 6.75. The van der Waals surface area contributed by atoms with Crippen molar-refractivity contribution in [2.75, 3.05) is 21.3 Å². The SMILES string of the molecule is CNS(=O)(=O)c1ccccc1C=C(C(=O)O)C(=O)C(C)(OC)OC. The van der Waals surface area contributed by atoms with Gasteiger partial charge in [-0.15, -0.1) is 0 Å². The number of ether oxygens (including phenoxy) is 2. The smallest absolute Gasteiger partial charge is 0.339 e. The molecule has 8 nitrogen and oxygen atoms in total. The Bertz CT molecular complexity index is 764. The molecule has 0 heterocycles. The highest BCUT2D eigenvalue weighted by Gasteiger charge is 2.38. The average Bonchev–Trinajstić information content (AvgIpc) is 2.58. The van der Waals surface area contributed by atoms with Crippen LogP contribution >= 0.6 is 0 Å². The van der Waals surface area contributed by atoms with Crippen molar-refractivity contribution in [1.82, 2.24) is 4.72 Å². The Morgan fingerprint density at radius 2 is 1.75 bits per heavy atom. The number of carbonyl (C=O) groups is 2. The summed E-state index contributed by atoms with van der Waals surface area (Å²) in [5.74, 6) is -4.28. The number of sulfonamides is 1. The van der Waals surface area contributed by atoms with Crippen LogP contribution < -0.4 is 4.72 Å². The van der Waals surface area contributed by atoms with E-state index in [1.54, 1.807) is 0 Å². The molecular formula is C15H19NO7S. The third-order valence-corrected chi connectivity index (χ3v) is 4.93. The molecule has 1 aromatic carbocycles. The molecule has 0 spiro atoms. The fourth-order valence-electron chi connectivity index (χ4n) is 1.85. The van der Waals surface area contributed by atoms with Crippen molar-refractivity contribution in [3.63, 3.8) is 0 Å². The average molecular weight is 357 g/mol. The predicted octanol–water partition coefficient (Wildman–Crippen LogP) is 0.641. The lowest BCUT2D eigenvalue weighted by Crippen LogP contribution is -2.41. The van der Waals surface area contributed by atoms with Gasteiger partial charge in [-0.25, -0.2) is 17.9 Å². The molecule has 132 valence electrons. The van der Waals surface area contributed by atoms with Crippen molar-refractivity contribution in [2.45, 2.75) is 17.6 Å². The van der Waals surface area contributed by atoms with Gasteiger partial charge in [0.05, 0.1) is 4.90 Å². The second kappa shape index (κ2) is 7.67. The lowest BCUT2D eigenvalue weighted by molar-refractivity contribution is -0.195. The summed E-state index contributed by atoms with van der Waals surface area (Å²) in [7, 11) is -0.216. The number of carboxylic acid groups (broad SMARTS) is 1. The number of Topliss-reactive ketones (excluding diaryl/α,β-unsaturated/α-hetero) is 1. The predicted molar refractivity (Wildman–Crippen MR) is 85.7 cm³/mol. The summed E-state index contributed by atoms with van der Waals surface area (Å²) in [5.41, 5.74) is -0.618. The topological polar surface area (TPSA) is 119 Å². The fourth-order valence-corrected chi connectivity index (χ4v) is 2.76. The first-order chi connectivity index (χ1) is 11.1. The van der Waals surface area contributed by atoms with Crippen molar-refractivity contribution in [3.8, 4) is 0 Å². The summed E-state index contributed by atoms with van der Waals surface area (Å²) in [6.07, 6.45) is 0.977. The molecule has 2 N–H and O–H groups in total. The maximum Gasteiger partial charge on any atom is 0.339 e. The van der Waals surface area contributed by atoms with Crippen LogP contribution in [0.3, 0.4) is 0 Å². The molecule has 24 heavy (non-hydrogen) atoms. The third kappa shape index (κ3) is 4.06. The summed E-state index contributed by atoms with van der Waals surface area (Å²) < 4.78 is 36.1. The lowest BCUT2D eigenvalue weighted by atomic mass is 10.0. The highest BCUT2D eigenvalue weighted by molar-refractivity contribution is 7.89. The summed E-state index contributed by atoms with van der Waals surface area (Å²) in [5, 5.41) is 9.34. The van der Waals surface area contributed by atoms with E-state index in [9.17, 15) is 23.1 Å². The Kier molecular flexibility index (Phi) is 6.38. The molecule has 0 bridgehead atoms. The van der Waals surface area contributed by atoms with Crippen molar-refractivity contribution in [3.05, 3.63) is 35.4 Å². The highest BCUT2D eigenvalue weighted by Crippen LogP contribution is 2.22. The minimum Gasteiger partial charge on any atom is -0.478 e. The van der Waals surface area contributed by atoms with Crippen LogP contribution in [0.5, 0.6) is 0 Å². The molecule has 9 heteroatoms. The number of ketones is 1. The van der Waals surface area contributed by atoms with Gasteiger partial charge in [0.15, 0.2) is 0 Å². The number of hydrogen-bond acceptors (Lipinski definition) is 6. The molecule has 0 fully saturated rings. The molecule has 0 saturated heterocycles. The molecule has 0 aliphatic carbocycles. The van der Waals surface area contributed by atoms with Gasteiger partial charge < -0.3 is 14.6 Å². The molecular weight excluding hydrogens is 338 g/mol. The molecule has 0 radical (unpaired) electrons. The first kappa shape index (κ1) is 20.0. The van der Waals surface area contributed by atoms with Crippen LogP contribution in [-0.4, -0.2) is 52.3 Å². The summed E-state index contributed by atoms with van der Waals surface area (Å²) in [6, 6.07) is 5.69. The number of benzene rings is 1. The maximum atomic E-state index is 12.4. The van der Waals surface area contributed by atoms with E-state index < -0.39 is 33.1 Å². The Morgan fingerprint density at radius 3 is 2.21 bits per heavy atom. The van der Waals surface area contributed by atoms with Crippen molar-refractivity contribution in [1.29, 1.82) is 0 Å². The number of carboxylic acids is 1. The monoisotopic (exact) mass is 357 g/mol. The van der Waals surface area contributed by atoms with E-state index in [4.69, 9.17) is 9.47 Å². The van der Waals surface area contributed by atoms with Crippen molar-refractivity contribution < 1.29 is 32.6 Å². The number of aliphatic carboxylic acids is 1. The van der Waals surface area contributed by atoms with Crippen LogP contribution in [0.2, 0.25) is 0 Å². The number of carbonyl (C=O) groups excluding carboxylic acids is 1. The molecule has 0 saturated carbocycles. The standard InChI is InChI=1S/C15H19NO7S/c1-15(22-3,23-4)13(17)11(14(18)19)9-10-7-5-6-8-12(10)24(20,21)16-2/h5-9,16H,1-4H3,(H,18,19). The van der Waals surface area contributed by atoms with Gasteiger partial charge in [0, 0.05) is 14.2 Å². The van der Waals surface area contributed by atoms with Gasteiger partial charge in [-0.05, 0) is 31.7 Å². The lowest BCUT2D eigenvalue weighted by Gasteiger charge is -2.24. The van der Waals surface area contributed by atoms with E-state index in [2.05, 4.69) is 4.72 Å². The number of rotatable bonds is 8. The van der Waals surface area contributed by atoms with Gasteiger partial charge in [-0.2, -0.15) is 0 Å². The Hall–Kier alpha value is -2.07. The summed E-state index contributed by atoms with van der Waals surface area (Å²) in [4.78, 5) is 23.8. The second-order valence-electron chi connectivity index (χ2n) is 4.79. The first-order valence-corrected chi connectivity index (χ1v) is 8.24. The zero-order valence-corrected chi connectivity index (χ0v) is 14.5. The minimum absolute atomic E-state index is 0.0483. The van der Waals surface area contributed by atoms with Gasteiger partial charge in [-0.3, -0.25) is 4.79 Å². The second-order valence-corrected chi connectivity index (χ2v) is 6.65. The number of methoxy groups -OCH3 is 2. The van der Waals surface area contributed by atoms with E-state index >= 15 is 0 Å². The number of nitrogens with one attached hydrogen (secondary N) is 1. The molecule has 0 unspecified atom stereocenters. The van der Waals surface area contributed by atoms with Gasteiger partial charge in [0.1, 0.15) is 5.57 Å². The third-order valence-electron chi connectivity index (χ3n) is 3.44. The normalized spacial score (nSPS) is 12.9. The van der Waals surface area contributed by atoms with Gasteiger partial charge in [-0.1, -0.05) is 18.2 Å². The van der Waals surface area contributed by atoms with E-state index in [0.29, 0.717) is 0 Å². The van der Waals surface area contributed by atoms with Crippen molar-refractivity contribution >= 4 is 27.9 Å². The minimum atomic E-state index is -3.83. The largest absolute Gasteiger partial charge is 0.478 e. The van der Waals surface area contributed by atoms with E-state index in [1.165, 1.54) is 52.5 Å². The molecule has 0 aliphatic heterocycles. The molecule has 0 aliphatic rings. The van der Waals surface area contributed by atoms with Crippen LogP contribution in [0.25, 0.3) is 6.08 Å².